The fourth-order valence-corrected chi connectivity index (χ4v) is 2.79. The van der Waals surface area contributed by atoms with Crippen molar-refractivity contribution < 1.29 is 9.53 Å². The maximum atomic E-state index is 11.8. The molecule has 1 aliphatic heterocycles. The van der Waals surface area contributed by atoms with Crippen LogP contribution in [0.5, 0.6) is 0 Å². The van der Waals surface area contributed by atoms with Crippen molar-refractivity contribution in [3.05, 3.63) is 35.8 Å². The van der Waals surface area contributed by atoms with Gasteiger partial charge in [0.1, 0.15) is 11.4 Å². The summed E-state index contributed by atoms with van der Waals surface area (Å²) in [5.74, 6) is 0.881. The molecular formula is C18H25N5O2. The first kappa shape index (κ1) is 17.3. The lowest BCUT2D eigenvalue weighted by molar-refractivity contribution is 0.0636. The summed E-state index contributed by atoms with van der Waals surface area (Å²) in [4.78, 5) is 18.5. The van der Waals surface area contributed by atoms with Crippen LogP contribution in [0, 0.1) is 0 Å². The number of carbonyl (C=O) groups is 1. The van der Waals surface area contributed by atoms with Crippen molar-refractivity contribution in [2.24, 2.45) is 0 Å². The molecule has 0 bridgehead atoms. The number of nitrogens with one attached hydrogen (secondary N) is 1. The van der Waals surface area contributed by atoms with Crippen LogP contribution in [0.3, 0.4) is 0 Å². The number of aromatic nitrogens is 3. The molecule has 3 heterocycles. The van der Waals surface area contributed by atoms with Crippen LogP contribution in [0.25, 0.3) is 0 Å². The van der Waals surface area contributed by atoms with E-state index in [0.29, 0.717) is 5.69 Å². The third-order valence-electron chi connectivity index (χ3n) is 3.96. The minimum atomic E-state index is -0.523. The second-order valence-electron chi connectivity index (χ2n) is 7.16. The molecule has 7 nitrogen and oxygen atoms in total. The minimum Gasteiger partial charge on any atom is -0.444 e. The van der Waals surface area contributed by atoms with Gasteiger partial charge in [0, 0.05) is 19.3 Å². The van der Waals surface area contributed by atoms with E-state index in [1.54, 1.807) is 6.20 Å². The van der Waals surface area contributed by atoms with Crippen molar-refractivity contribution in [3.63, 3.8) is 0 Å². The average Bonchev–Trinajstić information content (AvgIpc) is 2.96. The van der Waals surface area contributed by atoms with Crippen molar-refractivity contribution in [2.45, 2.75) is 52.8 Å². The maximum absolute atomic E-state index is 11.8. The molecule has 0 saturated carbocycles. The van der Waals surface area contributed by atoms with E-state index in [1.807, 2.05) is 37.6 Å². The van der Waals surface area contributed by atoms with Crippen molar-refractivity contribution in [1.29, 1.82) is 0 Å². The van der Waals surface area contributed by atoms with Gasteiger partial charge in [-0.15, -0.1) is 0 Å². The number of amides is 1. The smallest absolute Gasteiger partial charge is 0.412 e. The summed E-state index contributed by atoms with van der Waals surface area (Å²) in [5.41, 5.74) is 2.53. The predicted molar refractivity (Wildman–Crippen MR) is 96.7 cm³/mol. The summed E-state index contributed by atoms with van der Waals surface area (Å²) in [6, 6.07) is 3.75. The Morgan fingerprint density at radius 1 is 1.36 bits per heavy atom. The Morgan fingerprint density at radius 3 is 2.80 bits per heavy atom. The number of aryl methyl sites for hydroxylation is 1. The molecule has 0 atom stereocenters. The van der Waals surface area contributed by atoms with E-state index in [-0.39, 0.29) is 0 Å². The fraction of sp³-hybridized carbons (Fsp3) is 0.500. The average molecular weight is 343 g/mol. The van der Waals surface area contributed by atoms with Gasteiger partial charge in [0.25, 0.3) is 0 Å². The SMILES string of the molecule is CCn1cc2c(n1)CN(c1ccc(NC(=O)OC(C)(C)C)cn1)CC2. The van der Waals surface area contributed by atoms with Gasteiger partial charge in [0.2, 0.25) is 0 Å². The summed E-state index contributed by atoms with van der Waals surface area (Å²) in [7, 11) is 0. The van der Waals surface area contributed by atoms with E-state index in [1.165, 1.54) is 5.56 Å². The molecule has 0 saturated heterocycles. The molecular weight excluding hydrogens is 318 g/mol. The number of nitrogens with zero attached hydrogens (tertiary/aromatic N) is 4. The molecule has 2 aromatic heterocycles. The van der Waals surface area contributed by atoms with Crippen molar-refractivity contribution >= 4 is 17.6 Å². The van der Waals surface area contributed by atoms with E-state index >= 15 is 0 Å². The lowest BCUT2D eigenvalue weighted by atomic mass is 10.1. The molecule has 1 aliphatic rings. The largest absolute Gasteiger partial charge is 0.444 e. The molecule has 1 amide bonds. The molecule has 0 radical (unpaired) electrons. The Bertz CT molecular complexity index is 746. The van der Waals surface area contributed by atoms with Gasteiger partial charge in [-0.1, -0.05) is 0 Å². The molecule has 25 heavy (non-hydrogen) atoms. The molecule has 2 aromatic rings. The van der Waals surface area contributed by atoms with Crippen LogP contribution in [0.1, 0.15) is 39.0 Å². The predicted octanol–water partition coefficient (Wildman–Crippen LogP) is 3.21. The maximum Gasteiger partial charge on any atom is 0.412 e. The first-order valence-electron chi connectivity index (χ1n) is 8.60. The summed E-state index contributed by atoms with van der Waals surface area (Å²) in [6.45, 7) is 10.1. The van der Waals surface area contributed by atoms with Crippen LogP contribution in [-0.4, -0.2) is 33.0 Å². The number of anilines is 2. The summed E-state index contributed by atoms with van der Waals surface area (Å²) in [6.07, 6.45) is 4.28. The van der Waals surface area contributed by atoms with Crippen LogP contribution in [-0.2, 0) is 24.2 Å². The molecule has 1 N–H and O–H groups in total. The minimum absolute atomic E-state index is 0.477. The third kappa shape index (κ3) is 4.29. The zero-order valence-electron chi connectivity index (χ0n) is 15.2. The van der Waals surface area contributed by atoms with Crippen molar-refractivity contribution in [2.75, 3.05) is 16.8 Å². The number of rotatable bonds is 3. The topological polar surface area (TPSA) is 72.3 Å². The molecule has 0 aromatic carbocycles. The first-order valence-corrected chi connectivity index (χ1v) is 8.60. The Labute approximate surface area is 148 Å². The molecule has 3 rings (SSSR count). The monoisotopic (exact) mass is 343 g/mol. The zero-order chi connectivity index (χ0) is 18.0. The lowest BCUT2D eigenvalue weighted by Crippen LogP contribution is -2.31. The quantitative estimate of drug-likeness (QED) is 0.926. The number of hydrogen-bond donors (Lipinski definition) is 1. The molecule has 7 heteroatoms. The first-order chi connectivity index (χ1) is 11.8. The normalized spacial score (nSPS) is 14.2. The Balaban J connectivity index is 1.64. The summed E-state index contributed by atoms with van der Waals surface area (Å²) < 4.78 is 7.22. The number of fused-ring (bicyclic) bond motifs is 1. The standard InChI is InChI=1S/C18H25N5O2/c1-5-23-11-13-8-9-22(12-15(13)21-23)16-7-6-14(10-19-16)20-17(24)25-18(2,3)4/h6-7,10-11H,5,8-9,12H2,1-4H3,(H,20,24). The lowest BCUT2D eigenvalue weighted by Gasteiger charge is -2.27. The number of carbonyl (C=O) groups excluding carboxylic acids is 1. The summed E-state index contributed by atoms with van der Waals surface area (Å²) >= 11 is 0. The molecule has 0 spiro atoms. The Morgan fingerprint density at radius 2 is 2.16 bits per heavy atom. The van der Waals surface area contributed by atoms with E-state index in [4.69, 9.17) is 4.74 Å². The van der Waals surface area contributed by atoms with Crippen LogP contribution >= 0.6 is 0 Å². The van der Waals surface area contributed by atoms with Gasteiger partial charge in [-0.25, -0.2) is 9.78 Å². The van der Waals surface area contributed by atoms with E-state index in [2.05, 4.69) is 33.4 Å². The van der Waals surface area contributed by atoms with Gasteiger partial charge in [-0.05, 0) is 51.8 Å². The van der Waals surface area contributed by atoms with Gasteiger partial charge in [0.15, 0.2) is 0 Å². The number of ether oxygens (including phenoxy) is 1. The van der Waals surface area contributed by atoms with E-state index < -0.39 is 11.7 Å². The Hall–Kier alpha value is -2.57. The highest BCUT2D eigenvalue weighted by Crippen LogP contribution is 2.23. The second-order valence-corrected chi connectivity index (χ2v) is 7.16. The van der Waals surface area contributed by atoms with Crippen LogP contribution in [0.4, 0.5) is 16.3 Å². The fourth-order valence-electron chi connectivity index (χ4n) is 2.79. The highest BCUT2D eigenvalue weighted by atomic mass is 16.6. The molecule has 134 valence electrons. The Kier molecular flexibility index (Phi) is 4.65. The number of hydrogen-bond acceptors (Lipinski definition) is 5. The van der Waals surface area contributed by atoms with Gasteiger partial charge < -0.3 is 9.64 Å². The van der Waals surface area contributed by atoms with Gasteiger partial charge in [-0.3, -0.25) is 10.00 Å². The van der Waals surface area contributed by atoms with E-state index in [0.717, 1.165) is 37.6 Å². The third-order valence-corrected chi connectivity index (χ3v) is 3.96. The number of pyridine rings is 1. The molecule has 0 unspecified atom stereocenters. The van der Waals surface area contributed by atoms with Gasteiger partial charge in [-0.2, -0.15) is 5.10 Å². The van der Waals surface area contributed by atoms with Gasteiger partial charge in [0.05, 0.1) is 24.1 Å². The van der Waals surface area contributed by atoms with Crippen LogP contribution in [0.15, 0.2) is 24.5 Å². The summed E-state index contributed by atoms with van der Waals surface area (Å²) in [5, 5.41) is 7.31. The molecule has 0 fully saturated rings. The highest BCUT2D eigenvalue weighted by molar-refractivity contribution is 5.84. The van der Waals surface area contributed by atoms with Crippen LogP contribution < -0.4 is 10.2 Å². The van der Waals surface area contributed by atoms with Crippen LogP contribution in [0.2, 0.25) is 0 Å². The van der Waals surface area contributed by atoms with Gasteiger partial charge >= 0.3 is 6.09 Å². The van der Waals surface area contributed by atoms with Crippen molar-refractivity contribution in [1.82, 2.24) is 14.8 Å². The highest BCUT2D eigenvalue weighted by Gasteiger charge is 2.21. The van der Waals surface area contributed by atoms with Crippen molar-refractivity contribution in [3.8, 4) is 0 Å². The molecule has 0 aliphatic carbocycles. The van der Waals surface area contributed by atoms with E-state index in [9.17, 15) is 4.79 Å². The zero-order valence-corrected chi connectivity index (χ0v) is 15.2. The second kappa shape index (κ2) is 6.74.